The van der Waals surface area contributed by atoms with Crippen LogP contribution >= 0.6 is 0 Å². The highest BCUT2D eigenvalue weighted by molar-refractivity contribution is 4.77. The van der Waals surface area contributed by atoms with E-state index in [1.165, 1.54) is 12.8 Å². The van der Waals surface area contributed by atoms with E-state index in [1.54, 1.807) is 0 Å². The van der Waals surface area contributed by atoms with Gasteiger partial charge in [-0.1, -0.05) is 0 Å². The van der Waals surface area contributed by atoms with Gasteiger partial charge in [-0.2, -0.15) is 5.48 Å². The maximum Gasteiger partial charge on any atom is 0.0813 e. The molecule has 2 N–H and O–H groups in total. The smallest absolute Gasteiger partial charge is 0.0813 e. The van der Waals surface area contributed by atoms with Gasteiger partial charge in [0.2, 0.25) is 0 Å². The fourth-order valence-corrected chi connectivity index (χ4v) is 1.36. The van der Waals surface area contributed by atoms with Gasteiger partial charge in [-0.3, -0.25) is 4.84 Å². The molecule has 1 fully saturated rings. The summed E-state index contributed by atoms with van der Waals surface area (Å²) in [6, 6.07) is 1.13. The maximum atomic E-state index is 5.51. The lowest BCUT2D eigenvalue weighted by Gasteiger charge is -2.30. The summed E-state index contributed by atoms with van der Waals surface area (Å²) in [5.74, 6) is 0. The first-order valence-corrected chi connectivity index (χ1v) is 5.14. The molecule has 2 atom stereocenters. The molecule has 0 radical (unpaired) electrons. The van der Waals surface area contributed by atoms with Crippen molar-refractivity contribution in [3.8, 4) is 0 Å². The highest BCUT2D eigenvalue weighted by atomic mass is 16.7. The van der Waals surface area contributed by atoms with Crippen molar-refractivity contribution in [3.05, 3.63) is 0 Å². The average molecular weight is 186 g/mol. The Kier molecular flexibility index (Phi) is 3.71. The van der Waals surface area contributed by atoms with Crippen LogP contribution in [0.25, 0.3) is 0 Å². The van der Waals surface area contributed by atoms with E-state index in [2.05, 4.69) is 38.5 Å². The lowest BCUT2D eigenvalue weighted by atomic mass is 10.0. The van der Waals surface area contributed by atoms with E-state index < -0.39 is 0 Å². The maximum absolute atomic E-state index is 5.51. The van der Waals surface area contributed by atoms with Crippen LogP contribution in [-0.4, -0.2) is 24.2 Å². The number of hydrogen-bond acceptors (Lipinski definition) is 3. The van der Waals surface area contributed by atoms with E-state index in [-0.39, 0.29) is 5.60 Å². The van der Waals surface area contributed by atoms with Gasteiger partial charge in [-0.25, -0.2) is 0 Å². The lowest BCUT2D eigenvalue weighted by molar-refractivity contribution is -0.0915. The van der Waals surface area contributed by atoms with Crippen molar-refractivity contribution in [2.75, 3.05) is 6.54 Å². The molecule has 3 nitrogen and oxygen atoms in total. The molecule has 1 heterocycles. The molecule has 1 aliphatic rings. The van der Waals surface area contributed by atoms with Crippen LogP contribution in [0.3, 0.4) is 0 Å². The predicted molar refractivity (Wildman–Crippen MR) is 54.5 cm³/mol. The molecular weight excluding hydrogens is 164 g/mol. The van der Waals surface area contributed by atoms with Crippen LogP contribution in [0.1, 0.15) is 40.5 Å². The van der Waals surface area contributed by atoms with Gasteiger partial charge in [-0.05, 0) is 40.5 Å². The highest BCUT2D eigenvalue weighted by Crippen LogP contribution is 2.10. The van der Waals surface area contributed by atoms with Crippen LogP contribution < -0.4 is 10.8 Å². The Morgan fingerprint density at radius 2 is 2.00 bits per heavy atom. The first-order chi connectivity index (χ1) is 5.97. The standard InChI is InChI=1S/C10H22N2O/c1-8-5-6-9(7-11-8)12-13-10(2,3)4/h8-9,11-12H,5-7H2,1-4H3. The van der Waals surface area contributed by atoms with Crippen LogP contribution in [0.15, 0.2) is 0 Å². The van der Waals surface area contributed by atoms with Crippen molar-refractivity contribution < 1.29 is 4.84 Å². The second-order valence-corrected chi connectivity index (χ2v) is 4.92. The van der Waals surface area contributed by atoms with Crippen molar-refractivity contribution in [2.45, 2.75) is 58.2 Å². The molecule has 0 aromatic rings. The van der Waals surface area contributed by atoms with Crippen molar-refractivity contribution in [1.82, 2.24) is 10.8 Å². The summed E-state index contributed by atoms with van der Waals surface area (Å²) >= 11 is 0. The third kappa shape index (κ3) is 4.60. The third-order valence-corrected chi connectivity index (χ3v) is 2.19. The van der Waals surface area contributed by atoms with Crippen molar-refractivity contribution in [1.29, 1.82) is 0 Å². The topological polar surface area (TPSA) is 33.3 Å². The third-order valence-electron chi connectivity index (χ3n) is 2.19. The first-order valence-electron chi connectivity index (χ1n) is 5.14. The van der Waals surface area contributed by atoms with Gasteiger partial charge in [0.25, 0.3) is 0 Å². The molecular formula is C10H22N2O. The predicted octanol–water partition coefficient (Wildman–Crippen LogP) is 1.45. The van der Waals surface area contributed by atoms with E-state index in [0.29, 0.717) is 12.1 Å². The minimum Gasteiger partial charge on any atom is -0.313 e. The molecule has 1 rings (SSSR count). The SMILES string of the molecule is CC1CCC(NOC(C)(C)C)CN1. The number of hydrogen-bond donors (Lipinski definition) is 2. The summed E-state index contributed by atoms with van der Waals surface area (Å²) in [6.45, 7) is 9.40. The molecule has 0 spiro atoms. The number of rotatable bonds is 2. The fraction of sp³-hybridized carbons (Fsp3) is 1.00. The Bertz CT molecular complexity index is 145. The van der Waals surface area contributed by atoms with Crippen molar-refractivity contribution >= 4 is 0 Å². The Labute approximate surface area is 81.2 Å². The highest BCUT2D eigenvalue weighted by Gasteiger charge is 2.19. The quantitative estimate of drug-likeness (QED) is 0.640. The zero-order chi connectivity index (χ0) is 9.90. The van der Waals surface area contributed by atoms with Crippen LogP contribution in [0.5, 0.6) is 0 Å². The average Bonchev–Trinajstić information content (AvgIpc) is 2.02. The zero-order valence-corrected chi connectivity index (χ0v) is 9.18. The largest absolute Gasteiger partial charge is 0.313 e. The summed E-state index contributed by atoms with van der Waals surface area (Å²) < 4.78 is 0. The van der Waals surface area contributed by atoms with Crippen molar-refractivity contribution in [2.24, 2.45) is 0 Å². The molecule has 13 heavy (non-hydrogen) atoms. The Hall–Kier alpha value is -0.120. The Balaban J connectivity index is 2.16. The summed E-state index contributed by atoms with van der Waals surface area (Å²) in [5.41, 5.74) is 3.03. The molecule has 1 saturated heterocycles. The van der Waals surface area contributed by atoms with Gasteiger partial charge in [0.1, 0.15) is 0 Å². The summed E-state index contributed by atoms with van der Waals surface area (Å²) in [6.07, 6.45) is 2.43. The van der Waals surface area contributed by atoms with Crippen LogP contribution in [0.2, 0.25) is 0 Å². The fourth-order valence-electron chi connectivity index (χ4n) is 1.36. The molecule has 0 aliphatic carbocycles. The molecule has 0 bridgehead atoms. The minimum atomic E-state index is -0.0942. The zero-order valence-electron chi connectivity index (χ0n) is 9.18. The lowest BCUT2D eigenvalue weighted by Crippen LogP contribution is -2.48. The van der Waals surface area contributed by atoms with Gasteiger partial charge in [0, 0.05) is 18.6 Å². The van der Waals surface area contributed by atoms with E-state index in [0.717, 1.165) is 6.54 Å². The van der Waals surface area contributed by atoms with E-state index in [9.17, 15) is 0 Å². The summed E-state index contributed by atoms with van der Waals surface area (Å²) in [5, 5.41) is 3.43. The number of hydroxylamine groups is 1. The second kappa shape index (κ2) is 4.40. The molecule has 1 aliphatic heterocycles. The van der Waals surface area contributed by atoms with Gasteiger partial charge < -0.3 is 5.32 Å². The normalized spacial score (nSPS) is 30.5. The Morgan fingerprint density at radius 3 is 2.46 bits per heavy atom. The van der Waals surface area contributed by atoms with Gasteiger partial charge in [0.05, 0.1) is 5.60 Å². The van der Waals surface area contributed by atoms with E-state index in [1.807, 2.05) is 0 Å². The summed E-state index contributed by atoms with van der Waals surface area (Å²) in [7, 11) is 0. The second-order valence-electron chi connectivity index (χ2n) is 4.92. The first kappa shape index (κ1) is 11.0. The molecule has 2 unspecified atom stereocenters. The minimum absolute atomic E-state index is 0.0942. The number of piperidine rings is 1. The Morgan fingerprint density at radius 1 is 1.31 bits per heavy atom. The van der Waals surface area contributed by atoms with Gasteiger partial charge >= 0.3 is 0 Å². The summed E-state index contributed by atoms with van der Waals surface area (Å²) in [4.78, 5) is 5.51. The van der Waals surface area contributed by atoms with E-state index in [4.69, 9.17) is 4.84 Å². The molecule has 0 amide bonds. The van der Waals surface area contributed by atoms with Crippen molar-refractivity contribution in [3.63, 3.8) is 0 Å². The van der Waals surface area contributed by atoms with Gasteiger partial charge in [0.15, 0.2) is 0 Å². The molecule has 78 valence electrons. The van der Waals surface area contributed by atoms with Gasteiger partial charge in [-0.15, -0.1) is 0 Å². The molecule has 0 aromatic heterocycles. The molecule has 0 aromatic carbocycles. The monoisotopic (exact) mass is 186 g/mol. The van der Waals surface area contributed by atoms with Crippen LogP contribution in [0, 0.1) is 0 Å². The molecule has 0 saturated carbocycles. The van der Waals surface area contributed by atoms with Crippen LogP contribution in [0.4, 0.5) is 0 Å². The van der Waals surface area contributed by atoms with E-state index >= 15 is 0 Å². The number of nitrogens with one attached hydrogen (secondary N) is 2. The molecule has 3 heteroatoms. The van der Waals surface area contributed by atoms with Crippen LogP contribution in [-0.2, 0) is 4.84 Å².